The average molecular weight is 355 g/mol. The van der Waals surface area contributed by atoms with Crippen LogP contribution in [0, 0.1) is 0 Å². The molecule has 4 heterocycles. The van der Waals surface area contributed by atoms with Crippen LogP contribution in [0.4, 0.5) is 5.82 Å². The van der Waals surface area contributed by atoms with Crippen molar-refractivity contribution >= 4 is 11.7 Å². The molecule has 2 aliphatic rings. The van der Waals surface area contributed by atoms with Gasteiger partial charge in [0.2, 0.25) is 5.88 Å². The summed E-state index contributed by atoms with van der Waals surface area (Å²) in [5.74, 6) is 1.59. The summed E-state index contributed by atoms with van der Waals surface area (Å²) in [5.41, 5.74) is 0.708. The lowest BCUT2D eigenvalue weighted by Gasteiger charge is -2.27. The second-order valence-corrected chi connectivity index (χ2v) is 7.05. The molecule has 2 aromatic rings. The van der Waals surface area contributed by atoms with E-state index in [0.717, 1.165) is 25.3 Å². The van der Waals surface area contributed by atoms with Crippen molar-refractivity contribution in [3.8, 4) is 5.88 Å². The second kappa shape index (κ2) is 7.35. The molecule has 0 aromatic carbocycles. The van der Waals surface area contributed by atoms with Crippen LogP contribution in [0.1, 0.15) is 36.2 Å². The van der Waals surface area contributed by atoms with Crippen molar-refractivity contribution < 1.29 is 9.53 Å². The van der Waals surface area contributed by atoms with E-state index in [-0.39, 0.29) is 12.0 Å². The standard InChI is InChI=1S/C19H25N5O2/c1-22-8-5-6-16(22)19(25)24-11-7-15(13-24)26-18-12-17(20-14-21-18)23-9-3-2-4-10-23/h5-6,8,12,14-15H,2-4,7,9-11,13H2,1H3. The van der Waals surface area contributed by atoms with Gasteiger partial charge in [0.05, 0.1) is 6.54 Å². The minimum Gasteiger partial charge on any atom is -0.472 e. The molecule has 2 aromatic heterocycles. The van der Waals surface area contributed by atoms with Gasteiger partial charge in [-0.25, -0.2) is 9.97 Å². The van der Waals surface area contributed by atoms with Crippen LogP contribution in [0.5, 0.6) is 5.88 Å². The van der Waals surface area contributed by atoms with Crippen LogP contribution >= 0.6 is 0 Å². The largest absolute Gasteiger partial charge is 0.472 e. The fourth-order valence-corrected chi connectivity index (χ4v) is 3.72. The number of hydrogen-bond acceptors (Lipinski definition) is 5. The maximum Gasteiger partial charge on any atom is 0.270 e. The van der Waals surface area contributed by atoms with Gasteiger partial charge in [-0.2, -0.15) is 0 Å². The molecule has 0 radical (unpaired) electrons. The fraction of sp³-hybridized carbons (Fsp3) is 0.526. The minimum atomic E-state index is -0.0247. The minimum absolute atomic E-state index is 0.0247. The van der Waals surface area contributed by atoms with Gasteiger partial charge in [0, 0.05) is 45.4 Å². The van der Waals surface area contributed by atoms with Crippen LogP contribution in [0.25, 0.3) is 0 Å². The first-order valence-electron chi connectivity index (χ1n) is 9.35. The van der Waals surface area contributed by atoms with E-state index in [1.165, 1.54) is 19.3 Å². The quantitative estimate of drug-likeness (QED) is 0.840. The van der Waals surface area contributed by atoms with Crippen molar-refractivity contribution in [2.45, 2.75) is 31.8 Å². The van der Waals surface area contributed by atoms with E-state index >= 15 is 0 Å². The van der Waals surface area contributed by atoms with E-state index in [4.69, 9.17) is 4.74 Å². The van der Waals surface area contributed by atoms with Crippen LogP contribution in [0.3, 0.4) is 0 Å². The van der Waals surface area contributed by atoms with Crippen molar-refractivity contribution in [2.24, 2.45) is 7.05 Å². The van der Waals surface area contributed by atoms with E-state index in [1.54, 1.807) is 6.33 Å². The zero-order valence-corrected chi connectivity index (χ0v) is 15.2. The number of hydrogen-bond donors (Lipinski definition) is 0. The van der Waals surface area contributed by atoms with E-state index in [0.29, 0.717) is 24.7 Å². The highest BCUT2D eigenvalue weighted by Crippen LogP contribution is 2.23. The van der Waals surface area contributed by atoms with Crippen LogP contribution in [-0.2, 0) is 7.05 Å². The summed E-state index contributed by atoms with van der Waals surface area (Å²) in [7, 11) is 1.89. The summed E-state index contributed by atoms with van der Waals surface area (Å²) in [6, 6.07) is 5.67. The molecule has 4 rings (SSSR count). The van der Waals surface area contributed by atoms with Crippen molar-refractivity contribution in [3.05, 3.63) is 36.4 Å². The third-order valence-electron chi connectivity index (χ3n) is 5.19. The fourth-order valence-electron chi connectivity index (χ4n) is 3.72. The van der Waals surface area contributed by atoms with Gasteiger partial charge in [0.15, 0.2) is 0 Å². The number of aromatic nitrogens is 3. The van der Waals surface area contributed by atoms with Gasteiger partial charge in [-0.1, -0.05) is 0 Å². The number of ether oxygens (including phenoxy) is 1. The molecule has 0 bridgehead atoms. The first-order valence-corrected chi connectivity index (χ1v) is 9.35. The summed E-state index contributed by atoms with van der Waals surface area (Å²) in [6.07, 6.45) is 7.96. The smallest absolute Gasteiger partial charge is 0.270 e. The maximum atomic E-state index is 12.6. The Morgan fingerprint density at radius 1 is 1.19 bits per heavy atom. The summed E-state index contributed by atoms with van der Waals surface area (Å²) in [5, 5.41) is 0. The highest BCUT2D eigenvalue weighted by atomic mass is 16.5. The van der Waals surface area contributed by atoms with E-state index in [2.05, 4.69) is 14.9 Å². The van der Waals surface area contributed by atoms with Gasteiger partial charge in [0.1, 0.15) is 23.9 Å². The molecule has 0 aliphatic carbocycles. The first kappa shape index (κ1) is 16.9. The Balaban J connectivity index is 1.38. The van der Waals surface area contributed by atoms with E-state index in [9.17, 15) is 4.79 Å². The Bertz CT molecular complexity index is 769. The highest BCUT2D eigenvalue weighted by Gasteiger charge is 2.29. The lowest BCUT2D eigenvalue weighted by Crippen LogP contribution is -2.32. The van der Waals surface area contributed by atoms with Crippen molar-refractivity contribution in [1.82, 2.24) is 19.4 Å². The normalized spacial score (nSPS) is 20.4. The molecule has 1 unspecified atom stereocenters. The number of nitrogens with zero attached hydrogens (tertiary/aromatic N) is 5. The Labute approximate surface area is 153 Å². The average Bonchev–Trinajstić information content (AvgIpc) is 3.31. The Kier molecular flexibility index (Phi) is 4.77. The molecule has 2 saturated heterocycles. The molecule has 0 N–H and O–H groups in total. The van der Waals surface area contributed by atoms with Gasteiger partial charge in [0.25, 0.3) is 5.91 Å². The second-order valence-electron chi connectivity index (χ2n) is 7.05. The lowest BCUT2D eigenvalue weighted by atomic mass is 10.1. The van der Waals surface area contributed by atoms with Crippen molar-refractivity contribution in [3.63, 3.8) is 0 Å². The number of carbonyl (C=O) groups is 1. The topological polar surface area (TPSA) is 63.5 Å². The molecular weight excluding hydrogens is 330 g/mol. The SMILES string of the molecule is Cn1cccc1C(=O)N1CCC(Oc2cc(N3CCCCC3)ncn2)C1. The molecule has 7 heteroatoms. The number of likely N-dealkylation sites (tertiary alicyclic amines) is 1. The third kappa shape index (κ3) is 3.52. The molecule has 1 atom stereocenters. The summed E-state index contributed by atoms with van der Waals surface area (Å²) in [6.45, 7) is 3.38. The Morgan fingerprint density at radius 3 is 2.81 bits per heavy atom. The molecular formula is C19H25N5O2. The monoisotopic (exact) mass is 355 g/mol. The number of amides is 1. The number of piperidine rings is 1. The van der Waals surface area contributed by atoms with Crippen LogP contribution in [0.2, 0.25) is 0 Å². The van der Waals surface area contributed by atoms with Crippen molar-refractivity contribution in [1.29, 1.82) is 0 Å². The van der Waals surface area contributed by atoms with Gasteiger partial charge in [-0.3, -0.25) is 4.79 Å². The number of carbonyl (C=O) groups excluding carboxylic acids is 1. The molecule has 2 aliphatic heterocycles. The van der Waals surface area contributed by atoms with E-state index in [1.807, 2.05) is 40.9 Å². The van der Waals surface area contributed by atoms with Crippen LogP contribution in [0.15, 0.2) is 30.7 Å². The Morgan fingerprint density at radius 2 is 2.04 bits per heavy atom. The summed E-state index contributed by atoms with van der Waals surface area (Å²) >= 11 is 0. The predicted molar refractivity (Wildman–Crippen MR) is 98.4 cm³/mol. The molecule has 2 fully saturated rings. The van der Waals surface area contributed by atoms with Gasteiger partial charge in [-0.05, 0) is 31.4 Å². The Hall–Kier alpha value is -2.57. The van der Waals surface area contributed by atoms with Crippen molar-refractivity contribution in [2.75, 3.05) is 31.1 Å². The number of anilines is 1. The van der Waals surface area contributed by atoms with Gasteiger partial charge in [-0.15, -0.1) is 0 Å². The van der Waals surface area contributed by atoms with Gasteiger partial charge >= 0.3 is 0 Å². The van der Waals surface area contributed by atoms with E-state index < -0.39 is 0 Å². The maximum absolute atomic E-state index is 12.6. The first-order chi connectivity index (χ1) is 12.7. The zero-order chi connectivity index (χ0) is 17.9. The molecule has 0 spiro atoms. The zero-order valence-electron chi connectivity index (χ0n) is 15.2. The summed E-state index contributed by atoms with van der Waals surface area (Å²) < 4.78 is 7.91. The van der Waals surface area contributed by atoms with Crippen LogP contribution in [-0.4, -0.2) is 57.6 Å². The highest BCUT2D eigenvalue weighted by molar-refractivity contribution is 5.93. The lowest BCUT2D eigenvalue weighted by molar-refractivity contribution is 0.0762. The molecule has 7 nitrogen and oxygen atoms in total. The molecule has 138 valence electrons. The summed E-state index contributed by atoms with van der Waals surface area (Å²) in [4.78, 5) is 25.4. The van der Waals surface area contributed by atoms with Gasteiger partial charge < -0.3 is 19.1 Å². The molecule has 0 saturated carbocycles. The van der Waals surface area contributed by atoms with Crippen LogP contribution < -0.4 is 9.64 Å². The number of rotatable bonds is 4. The predicted octanol–water partition coefficient (Wildman–Crippen LogP) is 2.10. The third-order valence-corrected chi connectivity index (χ3v) is 5.19. The number of aryl methyl sites for hydroxylation is 1. The molecule has 26 heavy (non-hydrogen) atoms. The molecule has 1 amide bonds.